The van der Waals surface area contributed by atoms with Crippen molar-refractivity contribution in [2.45, 2.75) is 6.42 Å². The van der Waals surface area contributed by atoms with Crippen LogP contribution in [-0.2, 0) is 6.42 Å². The van der Waals surface area contributed by atoms with Crippen LogP contribution < -0.4 is 5.32 Å². The van der Waals surface area contributed by atoms with E-state index in [1.54, 1.807) is 6.33 Å². The Kier molecular flexibility index (Phi) is 3.90. The number of aromatic nitrogens is 2. The highest BCUT2D eigenvalue weighted by molar-refractivity contribution is 5.90. The highest BCUT2D eigenvalue weighted by Crippen LogP contribution is 2.23. The van der Waals surface area contributed by atoms with Gasteiger partial charge in [-0.2, -0.15) is 0 Å². The van der Waals surface area contributed by atoms with Crippen molar-refractivity contribution in [2.75, 3.05) is 5.32 Å². The van der Waals surface area contributed by atoms with Gasteiger partial charge in [0.1, 0.15) is 12.1 Å². The number of nitrogens with one attached hydrogen (secondary N) is 1. The largest absolute Gasteiger partial charge is 0.340 e. The fourth-order valence-corrected chi connectivity index (χ4v) is 2.78. The van der Waals surface area contributed by atoms with Crippen molar-refractivity contribution in [3.63, 3.8) is 0 Å². The van der Waals surface area contributed by atoms with Gasteiger partial charge in [0.15, 0.2) is 0 Å². The van der Waals surface area contributed by atoms with Gasteiger partial charge in [0, 0.05) is 11.1 Å². The maximum Gasteiger partial charge on any atom is 0.141 e. The predicted molar refractivity (Wildman–Crippen MR) is 98.5 cm³/mol. The monoisotopic (exact) mass is 311 g/mol. The molecule has 0 saturated heterocycles. The normalized spacial score (nSPS) is 10.7. The van der Waals surface area contributed by atoms with Gasteiger partial charge < -0.3 is 5.32 Å². The van der Waals surface area contributed by atoms with Crippen molar-refractivity contribution in [3.8, 4) is 0 Å². The van der Waals surface area contributed by atoms with E-state index in [1.165, 1.54) is 11.1 Å². The second-order valence-electron chi connectivity index (χ2n) is 5.72. The van der Waals surface area contributed by atoms with Gasteiger partial charge >= 0.3 is 0 Å². The number of hydrogen-bond donors (Lipinski definition) is 1. The maximum absolute atomic E-state index is 4.37. The topological polar surface area (TPSA) is 37.8 Å². The zero-order chi connectivity index (χ0) is 16.2. The van der Waals surface area contributed by atoms with Crippen LogP contribution >= 0.6 is 0 Å². The summed E-state index contributed by atoms with van der Waals surface area (Å²) in [5.74, 6) is 0.830. The first-order valence-electron chi connectivity index (χ1n) is 7.98. The molecule has 0 atom stereocenters. The van der Waals surface area contributed by atoms with E-state index in [0.717, 1.165) is 28.8 Å². The first kappa shape index (κ1) is 14.4. The Morgan fingerprint density at radius 2 is 1.38 bits per heavy atom. The van der Waals surface area contributed by atoms with E-state index in [1.807, 2.05) is 30.3 Å². The summed E-state index contributed by atoms with van der Waals surface area (Å²) >= 11 is 0. The van der Waals surface area contributed by atoms with Gasteiger partial charge in [-0.3, -0.25) is 0 Å². The Morgan fingerprint density at radius 3 is 2.21 bits per heavy atom. The molecule has 0 bridgehead atoms. The Bertz CT molecular complexity index is 942. The molecule has 0 radical (unpaired) electrons. The molecule has 1 aromatic heterocycles. The fraction of sp³-hybridized carbons (Fsp3) is 0.0476. The molecule has 0 aliphatic heterocycles. The minimum atomic E-state index is 0.830. The molecule has 3 aromatic carbocycles. The van der Waals surface area contributed by atoms with E-state index in [4.69, 9.17) is 0 Å². The summed E-state index contributed by atoms with van der Waals surface area (Å²) in [5, 5.41) is 4.41. The third-order valence-corrected chi connectivity index (χ3v) is 4.01. The summed E-state index contributed by atoms with van der Waals surface area (Å²) in [6.07, 6.45) is 2.53. The van der Waals surface area contributed by atoms with Crippen LogP contribution in [-0.4, -0.2) is 9.97 Å². The number of anilines is 2. The standard InChI is InChI=1S/C21H17N3/c1-2-6-16(7-3-1)14-17-10-12-18(13-11-17)24-21-19-8-4-5-9-20(19)22-15-23-21/h1-13,15H,14H2,(H,22,23,24). The minimum Gasteiger partial charge on any atom is -0.340 e. The Balaban J connectivity index is 1.55. The summed E-state index contributed by atoms with van der Waals surface area (Å²) in [6.45, 7) is 0. The molecule has 0 fully saturated rings. The second kappa shape index (κ2) is 6.50. The molecule has 1 heterocycles. The van der Waals surface area contributed by atoms with Crippen LogP contribution in [0.3, 0.4) is 0 Å². The van der Waals surface area contributed by atoms with Crippen molar-refractivity contribution in [1.29, 1.82) is 0 Å². The molecule has 116 valence electrons. The third kappa shape index (κ3) is 3.10. The number of fused-ring (bicyclic) bond motifs is 1. The van der Waals surface area contributed by atoms with E-state index >= 15 is 0 Å². The lowest BCUT2D eigenvalue weighted by Crippen LogP contribution is -1.96. The number of nitrogens with zero attached hydrogens (tertiary/aromatic N) is 2. The molecule has 0 aliphatic rings. The van der Waals surface area contributed by atoms with Crippen LogP contribution in [0.2, 0.25) is 0 Å². The maximum atomic E-state index is 4.37. The quantitative estimate of drug-likeness (QED) is 0.578. The fourth-order valence-electron chi connectivity index (χ4n) is 2.78. The molecule has 0 amide bonds. The van der Waals surface area contributed by atoms with Gasteiger partial charge in [0.25, 0.3) is 0 Å². The highest BCUT2D eigenvalue weighted by atomic mass is 15.0. The van der Waals surface area contributed by atoms with Crippen molar-refractivity contribution in [1.82, 2.24) is 9.97 Å². The van der Waals surface area contributed by atoms with E-state index in [-0.39, 0.29) is 0 Å². The van der Waals surface area contributed by atoms with Crippen LogP contribution in [0.1, 0.15) is 11.1 Å². The molecule has 0 saturated carbocycles. The second-order valence-corrected chi connectivity index (χ2v) is 5.72. The molecule has 0 aliphatic carbocycles. The Morgan fingerprint density at radius 1 is 0.667 bits per heavy atom. The molecule has 4 aromatic rings. The average Bonchev–Trinajstić information content (AvgIpc) is 2.65. The van der Waals surface area contributed by atoms with E-state index in [2.05, 4.69) is 63.8 Å². The van der Waals surface area contributed by atoms with Gasteiger partial charge in [-0.15, -0.1) is 0 Å². The lowest BCUT2D eigenvalue weighted by Gasteiger charge is -2.09. The smallest absolute Gasteiger partial charge is 0.141 e. The van der Waals surface area contributed by atoms with Gasteiger partial charge in [-0.05, 0) is 41.8 Å². The summed E-state index contributed by atoms with van der Waals surface area (Å²) < 4.78 is 0. The van der Waals surface area contributed by atoms with E-state index in [0.29, 0.717) is 0 Å². The van der Waals surface area contributed by atoms with Crippen LogP contribution in [0.5, 0.6) is 0 Å². The average molecular weight is 311 g/mol. The zero-order valence-corrected chi connectivity index (χ0v) is 13.2. The van der Waals surface area contributed by atoms with Gasteiger partial charge in [-0.25, -0.2) is 9.97 Å². The van der Waals surface area contributed by atoms with Gasteiger partial charge in [0.2, 0.25) is 0 Å². The summed E-state index contributed by atoms with van der Waals surface area (Å²) in [5.41, 5.74) is 4.57. The first-order valence-corrected chi connectivity index (χ1v) is 7.98. The molecule has 3 heteroatoms. The van der Waals surface area contributed by atoms with E-state index in [9.17, 15) is 0 Å². The Labute approximate surface area is 141 Å². The highest BCUT2D eigenvalue weighted by Gasteiger charge is 2.03. The van der Waals surface area contributed by atoms with Crippen LogP contribution in [0.4, 0.5) is 11.5 Å². The number of benzene rings is 3. The molecule has 0 unspecified atom stereocenters. The predicted octanol–water partition coefficient (Wildman–Crippen LogP) is 4.96. The molecular formula is C21H17N3. The number of hydrogen-bond acceptors (Lipinski definition) is 3. The summed E-state index contributed by atoms with van der Waals surface area (Å²) in [7, 11) is 0. The first-order chi connectivity index (χ1) is 11.9. The summed E-state index contributed by atoms with van der Waals surface area (Å²) in [4.78, 5) is 8.66. The third-order valence-electron chi connectivity index (χ3n) is 4.01. The number of para-hydroxylation sites is 1. The van der Waals surface area contributed by atoms with Crippen molar-refractivity contribution in [2.24, 2.45) is 0 Å². The van der Waals surface area contributed by atoms with Crippen molar-refractivity contribution >= 4 is 22.4 Å². The molecule has 4 rings (SSSR count). The zero-order valence-electron chi connectivity index (χ0n) is 13.2. The van der Waals surface area contributed by atoms with E-state index < -0.39 is 0 Å². The van der Waals surface area contributed by atoms with Gasteiger partial charge in [-0.1, -0.05) is 54.6 Å². The van der Waals surface area contributed by atoms with Crippen LogP contribution in [0, 0.1) is 0 Å². The van der Waals surface area contributed by atoms with Crippen LogP contribution in [0.25, 0.3) is 10.9 Å². The van der Waals surface area contributed by atoms with Crippen molar-refractivity contribution < 1.29 is 0 Å². The SMILES string of the molecule is c1ccc(Cc2ccc(Nc3ncnc4ccccc34)cc2)cc1. The van der Waals surface area contributed by atoms with Crippen molar-refractivity contribution in [3.05, 3.63) is 96.3 Å². The molecular weight excluding hydrogens is 294 g/mol. The summed E-state index contributed by atoms with van der Waals surface area (Å²) in [6, 6.07) is 27.0. The molecule has 24 heavy (non-hydrogen) atoms. The lowest BCUT2D eigenvalue weighted by molar-refractivity contribution is 1.19. The molecule has 0 spiro atoms. The molecule has 1 N–H and O–H groups in total. The van der Waals surface area contributed by atoms with Gasteiger partial charge in [0.05, 0.1) is 5.52 Å². The Hall–Kier alpha value is -3.20. The minimum absolute atomic E-state index is 0.830. The van der Waals surface area contributed by atoms with Crippen LogP contribution in [0.15, 0.2) is 85.2 Å². The molecule has 3 nitrogen and oxygen atoms in total. The lowest BCUT2D eigenvalue weighted by atomic mass is 10.0. The number of rotatable bonds is 4.